The van der Waals surface area contributed by atoms with Gasteiger partial charge in [0, 0.05) is 12.6 Å². The Morgan fingerprint density at radius 2 is 2.54 bits per heavy atom. The zero-order chi connectivity index (χ0) is 9.68. The lowest BCUT2D eigenvalue weighted by Gasteiger charge is -1.92. The molecule has 0 radical (unpaired) electrons. The summed E-state index contributed by atoms with van der Waals surface area (Å²) >= 11 is 0. The third-order valence-corrected chi connectivity index (χ3v) is 1.63. The van der Waals surface area contributed by atoms with Crippen LogP contribution in [0.3, 0.4) is 0 Å². The normalized spacial score (nSPS) is 9.85. The van der Waals surface area contributed by atoms with Gasteiger partial charge in [-0.15, -0.1) is 6.58 Å². The number of nitrogens with zero attached hydrogens (tertiary/aromatic N) is 2. The standard InChI is InChI=1S/C9H12N2O2/c1-2-5-11-7-8(6-10-11)3-4-9(12)13/h2,6-7H,1,3-5H2,(H,12,13). The molecule has 4 nitrogen and oxygen atoms in total. The topological polar surface area (TPSA) is 55.1 Å². The van der Waals surface area contributed by atoms with E-state index in [4.69, 9.17) is 5.11 Å². The zero-order valence-electron chi connectivity index (χ0n) is 7.31. The van der Waals surface area contributed by atoms with Gasteiger partial charge in [-0.25, -0.2) is 0 Å². The number of aromatic nitrogens is 2. The smallest absolute Gasteiger partial charge is 0.303 e. The van der Waals surface area contributed by atoms with E-state index in [9.17, 15) is 4.79 Å². The molecule has 0 bridgehead atoms. The van der Waals surface area contributed by atoms with Crippen molar-refractivity contribution in [1.29, 1.82) is 0 Å². The number of hydrogen-bond donors (Lipinski definition) is 1. The SMILES string of the molecule is C=CCn1cc(CCC(=O)O)cn1. The molecule has 70 valence electrons. The van der Waals surface area contributed by atoms with Crippen molar-refractivity contribution in [2.75, 3.05) is 0 Å². The van der Waals surface area contributed by atoms with Crippen LogP contribution >= 0.6 is 0 Å². The Kier molecular flexibility index (Phi) is 3.25. The van der Waals surface area contributed by atoms with Crippen LogP contribution in [-0.4, -0.2) is 20.9 Å². The van der Waals surface area contributed by atoms with Gasteiger partial charge in [-0.1, -0.05) is 6.08 Å². The van der Waals surface area contributed by atoms with Crippen LogP contribution in [0.5, 0.6) is 0 Å². The summed E-state index contributed by atoms with van der Waals surface area (Å²) in [4.78, 5) is 10.3. The van der Waals surface area contributed by atoms with Crippen molar-refractivity contribution >= 4 is 5.97 Å². The highest BCUT2D eigenvalue weighted by molar-refractivity contribution is 5.67. The third-order valence-electron chi connectivity index (χ3n) is 1.63. The summed E-state index contributed by atoms with van der Waals surface area (Å²) < 4.78 is 1.73. The first-order chi connectivity index (χ1) is 6.22. The van der Waals surface area contributed by atoms with E-state index in [2.05, 4.69) is 11.7 Å². The van der Waals surface area contributed by atoms with Crippen molar-refractivity contribution in [2.45, 2.75) is 19.4 Å². The number of rotatable bonds is 5. The molecule has 0 atom stereocenters. The fourth-order valence-corrected chi connectivity index (χ4v) is 1.02. The van der Waals surface area contributed by atoms with Crippen molar-refractivity contribution < 1.29 is 9.90 Å². The molecular weight excluding hydrogens is 168 g/mol. The number of carbonyl (C=O) groups is 1. The first-order valence-corrected chi connectivity index (χ1v) is 4.06. The van der Waals surface area contributed by atoms with Crippen molar-refractivity contribution in [3.63, 3.8) is 0 Å². The second-order valence-electron chi connectivity index (χ2n) is 2.75. The van der Waals surface area contributed by atoms with Crippen molar-refractivity contribution in [2.24, 2.45) is 0 Å². The first-order valence-electron chi connectivity index (χ1n) is 4.06. The number of allylic oxidation sites excluding steroid dienone is 1. The van der Waals surface area contributed by atoms with E-state index < -0.39 is 5.97 Å². The molecule has 1 N–H and O–H groups in total. The van der Waals surface area contributed by atoms with Crippen molar-refractivity contribution in [3.05, 3.63) is 30.6 Å². The molecule has 0 aliphatic heterocycles. The van der Waals surface area contributed by atoms with Crippen LogP contribution in [0.1, 0.15) is 12.0 Å². The maximum atomic E-state index is 10.3. The second kappa shape index (κ2) is 4.45. The fraction of sp³-hybridized carbons (Fsp3) is 0.333. The second-order valence-corrected chi connectivity index (χ2v) is 2.75. The minimum atomic E-state index is -0.781. The average Bonchev–Trinajstić information content (AvgIpc) is 2.50. The molecule has 4 heteroatoms. The largest absolute Gasteiger partial charge is 0.481 e. The van der Waals surface area contributed by atoms with Crippen LogP contribution in [0.25, 0.3) is 0 Å². The summed E-state index contributed by atoms with van der Waals surface area (Å²) in [5, 5.41) is 12.5. The summed E-state index contributed by atoms with van der Waals surface area (Å²) in [5.74, 6) is -0.781. The maximum Gasteiger partial charge on any atom is 0.303 e. The van der Waals surface area contributed by atoms with Crippen LogP contribution in [0.4, 0.5) is 0 Å². The lowest BCUT2D eigenvalue weighted by atomic mass is 10.2. The molecule has 13 heavy (non-hydrogen) atoms. The molecular formula is C9H12N2O2. The Labute approximate surface area is 76.5 Å². The molecule has 0 aliphatic rings. The number of carboxylic acid groups (broad SMARTS) is 1. The van der Waals surface area contributed by atoms with E-state index in [1.165, 1.54) is 0 Å². The van der Waals surface area contributed by atoms with Crippen LogP contribution < -0.4 is 0 Å². The molecule has 0 amide bonds. The van der Waals surface area contributed by atoms with Crippen molar-refractivity contribution in [3.8, 4) is 0 Å². The first kappa shape index (κ1) is 9.51. The van der Waals surface area contributed by atoms with E-state index in [0.29, 0.717) is 13.0 Å². The van der Waals surface area contributed by atoms with Gasteiger partial charge in [-0.05, 0) is 12.0 Å². The highest BCUT2D eigenvalue weighted by atomic mass is 16.4. The van der Waals surface area contributed by atoms with Gasteiger partial charge < -0.3 is 5.11 Å². The molecule has 1 rings (SSSR count). The Balaban J connectivity index is 2.48. The summed E-state index contributed by atoms with van der Waals surface area (Å²) in [5.41, 5.74) is 0.948. The maximum absolute atomic E-state index is 10.3. The minimum absolute atomic E-state index is 0.153. The quantitative estimate of drug-likeness (QED) is 0.690. The van der Waals surface area contributed by atoms with Gasteiger partial charge in [0.1, 0.15) is 0 Å². The monoisotopic (exact) mass is 180 g/mol. The van der Waals surface area contributed by atoms with E-state index in [1.54, 1.807) is 17.0 Å². The van der Waals surface area contributed by atoms with E-state index >= 15 is 0 Å². The lowest BCUT2D eigenvalue weighted by molar-refractivity contribution is -0.136. The van der Waals surface area contributed by atoms with Crippen LogP contribution in [0, 0.1) is 0 Å². The number of hydrogen-bond acceptors (Lipinski definition) is 2. The number of carboxylic acids is 1. The van der Waals surface area contributed by atoms with Gasteiger partial charge in [-0.3, -0.25) is 9.48 Å². The molecule has 1 aromatic heterocycles. The van der Waals surface area contributed by atoms with E-state index in [1.807, 2.05) is 6.20 Å². The summed E-state index contributed by atoms with van der Waals surface area (Å²) in [6.45, 7) is 4.24. The molecule has 0 saturated heterocycles. The summed E-state index contributed by atoms with van der Waals surface area (Å²) in [7, 11) is 0. The molecule has 1 aromatic rings. The predicted molar refractivity (Wildman–Crippen MR) is 48.4 cm³/mol. The van der Waals surface area contributed by atoms with Gasteiger partial charge in [0.2, 0.25) is 0 Å². The molecule has 1 heterocycles. The Bertz CT molecular complexity index is 304. The lowest BCUT2D eigenvalue weighted by Crippen LogP contribution is -1.97. The van der Waals surface area contributed by atoms with E-state index in [-0.39, 0.29) is 6.42 Å². The third kappa shape index (κ3) is 3.11. The average molecular weight is 180 g/mol. The fourth-order valence-electron chi connectivity index (χ4n) is 1.02. The van der Waals surface area contributed by atoms with Crippen LogP contribution in [0.2, 0.25) is 0 Å². The van der Waals surface area contributed by atoms with Gasteiger partial charge in [0.05, 0.1) is 12.7 Å². The Morgan fingerprint density at radius 1 is 1.77 bits per heavy atom. The molecule has 0 unspecified atom stereocenters. The minimum Gasteiger partial charge on any atom is -0.481 e. The number of aryl methyl sites for hydroxylation is 1. The molecule has 0 aromatic carbocycles. The predicted octanol–water partition coefficient (Wildman–Crippen LogP) is 1.09. The molecule has 0 aliphatic carbocycles. The molecule has 0 spiro atoms. The summed E-state index contributed by atoms with van der Waals surface area (Å²) in [6, 6.07) is 0. The van der Waals surface area contributed by atoms with Gasteiger partial charge in [0.25, 0.3) is 0 Å². The van der Waals surface area contributed by atoms with Crippen LogP contribution in [-0.2, 0) is 17.8 Å². The zero-order valence-corrected chi connectivity index (χ0v) is 7.31. The van der Waals surface area contributed by atoms with Crippen molar-refractivity contribution in [1.82, 2.24) is 9.78 Å². The van der Waals surface area contributed by atoms with Gasteiger partial charge in [0.15, 0.2) is 0 Å². The Hall–Kier alpha value is -1.58. The molecule has 0 fully saturated rings. The van der Waals surface area contributed by atoms with Gasteiger partial charge >= 0.3 is 5.97 Å². The molecule has 0 saturated carbocycles. The summed E-state index contributed by atoms with van der Waals surface area (Å²) in [6.07, 6.45) is 5.96. The van der Waals surface area contributed by atoms with E-state index in [0.717, 1.165) is 5.56 Å². The van der Waals surface area contributed by atoms with Crippen LogP contribution in [0.15, 0.2) is 25.0 Å². The Morgan fingerprint density at radius 3 is 3.15 bits per heavy atom. The highest BCUT2D eigenvalue weighted by Crippen LogP contribution is 2.01. The van der Waals surface area contributed by atoms with Gasteiger partial charge in [-0.2, -0.15) is 5.10 Å². The number of aliphatic carboxylic acids is 1. The highest BCUT2D eigenvalue weighted by Gasteiger charge is 2.00.